The summed E-state index contributed by atoms with van der Waals surface area (Å²) in [7, 11) is 1.62. The summed E-state index contributed by atoms with van der Waals surface area (Å²) in [4.78, 5) is 24.6. The van der Waals surface area contributed by atoms with E-state index < -0.39 is 0 Å². The largest absolute Gasteiger partial charge is 0.497 e. The smallest absolute Gasteiger partial charge is 0.251 e. The lowest BCUT2D eigenvalue weighted by Gasteiger charge is -2.19. The summed E-state index contributed by atoms with van der Waals surface area (Å²) in [6.45, 7) is 8.31. The topological polar surface area (TPSA) is 67.4 Å². The van der Waals surface area contributed by atoms with Gasteiger partial charge in [-0.3, -0.25) is 9.59 Å². The monoisotopic (exact) mass is 382 g/mol. The highest BCUT2D eigenvalue weighted by atomic mass is 16.5. The fourth-order valence-electron chi connectivity index (χ4n) is 2.89. The van der Waals surface area contributed by atoms with Crippen LogP contribution in [0.15, 0.2) is 48.5 Å². The van der Waals surface area contributed by atoms with Crippen LogP contribution in [0.5, 0.6) is 5.75 Å². The minimum Gasteiger partial charge on any atom is -0.497 e. The number of methoxy groups -OCH3 is 1. The second-order valence-corrected chi connectivity index (χ2v) is 7.81. The van der Waals surface area contributed by atoms with Gasteiger partial charge in [-0.2, -0.15) is 0 Å². The molecule has 2 rings (SSSR count). The van der Waals surface area contributed by atoms with Crippen LogP contribution in [-0.2, 0) is 10.2 Å². The molecule has 0 spiro atoms. The van der Waals surface area contributed by atoms with E-state index >= 15 is 0 Å². The third-order valence-corrected chi connectivity index (χ3v) is 4.68. The molecule has 0 saturated heterocycles. The van der Waals surface area contributed by atoms with Gasteiger partial charge in [-0.1, -0.05) is 52.0 Å². The second-order valence-electron chi connectivity index (χ2n) is 7.81. The maximum absolute atomic E-state index is 12.3. The van der Waals surface area contributed by atoms with Crippen molar-refractivity contribution in [3.8, 4) is 5.75 Å². The third-order valence-electron chi connectivity index (χ3n) is 4.68. The minimum atomic E-state index is -0.256. The van der Waals surface area contributed by atoms with Crippen LogP contribution in [0.25, 0.3) is 0 Å². The molecule has 0 heterocycles. The molecule has 1 atom stereocenters. The molecule has 2 N–H and O–H groups in total. The molecule has 0 fully saturated rings. The Balaban J connectivity index is 1.90. The van der Waals surface area contributed by atoms with E-state index in [2.05, 4.69) is 31.4 Å². The summed E-state index contributed by atoms with van der Waals surface area (Å²) in [5.41, 5.74) is 2.74. The molecule has 0 bridgehead atoms. The van der Waals surface area contributed by atoms with Crippen LogP contribution in [0.3, 0.4) is 0 Å². The normalized spacial score (nSPS) is 12.2. The summed E-state index contributed by atoms with van der Waals surface area (Å²) in [5, 5.41) is 5.65. The van der Waals surface area contributed by atoms with Crippen LogP contribution in [0, 0.1) is 0 Å². The van der Waals surface area contributed by atoms with Gasteiger partial charge in [0.15, 0.2) is 0 Å². The second kappa shape index (κ2) is 9.40. The van der Waals surface area contributed by atoms with Crippen molar-refractivity contribution in [1.29, 1.82) is 0 Å². The molecular formula is C23H30N2O3. The van der Waals surface area contributed by atoms with Gasteiger partial charge >= 0.3 is 0 Å². The van der Waals surface area contributed by atoms with Gasteiger partial charge in [0.25, 0.3) is 5.91 Å². The zero-order chi connectivity index (χ0) is 20.7. The van der Waals surface area contributed by atoms with Crippen LogP contribution < -0.4 is 15.4 Å². The molecule has 5 heteroatoms. The first kappa shape index (κ1) is 21.5. The lowest BCUT2D eigenvalue weighted by Crippen LogP contribution is -2.38. The van der Waals surface area contributed by atoms with Crippen LogP contribution in [0.1, 0.15) is 61.6 Å². The first-order valence-electron chi connectivity index (χ1n) is 9.56. The highest BCUT2D eigenvalue weighted by molar-refractivity contribution is 5.96. The molecule has 2 aromatic carbocycles. The number of hydrogen-bond acceptors (Lipinski definition) is 3. The van der Waals surface area contributed by atoms with Crippen molar-refractivity contribution in [3.63, 3.8) is 0 Å². The maximum Gasteiger partial charge on any atom is 0.251 e. The Hall–Kier alpha value is -2.82. The molecule has 5 nitrogen and oxygen atoms in total. The Morgan fingerprint density at radius 2 is 1.61 bits per heavy atom. The van der Waals surface area contributed by atoms with E-state index in [0.717, 1.165) is 23.3 Å². The fourth-order valence-corrected chi connectivity index (χ4v) is 2.89. The Bertz CT molecular complexity index is 790. The number of carbonyl (C=O) groups excluding carboxylic acids is 2. The summed E-state index contributed by atoms with van der Waals surface area (Å²) in [5.74, 6) is 0.296. The molecule has 0 aromatic heterocycles. The molecule has 2 aromatic rings. The van der Waals surface area contributed by atoms with Crippen LogP contribution in [-0.4, -0.2) is 25.5 Å². The molecule has 0 aliphatic carbocycles. The summed E-state index contributed by atoms with van der Waals surface area (Å²) >= 11 is 0. The zero-order valence-electron chi connectivity index (χ0n) is 17.3. The molecule has 2 amide bonds. The zero-order valence-corrected chi connectivity index (χ0v) is 17.3. The molecule has 28 heavy (non-hydrogen) atoms. The van der Waals surface area contributed by atoms with Crippen molar-refractivity contribution in [3.05, 3.63) is 65.2 Å². The number of rotatable bonds is 7. The predicted octanol–water partition coefficient (Wildman–Crippen LogP) is 3.99. The van der Waals surface area contributed by atoms with E-state index in [4.69, 9.17) is 4.74 Å². The molecular weight excluding hydrogens is 352 g/mol. The molecule has 0 aliphatic heterocycles. The van der Waals surface area contributed by atoms with Crippen molar-refractivity contribution >= 4 is 11.8 Å². The first-order valence-corrected chi connectivity index (χ1v) is 9.56. The van der Waals surface area contributed by atoms with Gasteiger partial charge in [-0.25, -0.2) is 0 Å². The summed E-state index contributed by atoms with van der Waals surface area (Å²) in [6, 6.07) is 15.0. The Labute approximate surface area is 167 Å². The van der Waals surface area contributed by atoms with Gasteiger partial charge in [0.05, 0.1) is 19.7 Å². The van der Waals surface area contributed by atoms with Crippen molar-refractivity contribution in [2.75, 3.05) is 13.7 Å². The first-order chi connectivity index (χ1) is 13.2. The van der Waals surface area contributed by atoms with Crippen LogP contribution in [0.4, 0.5) is 0 Å². The lowest BCUT2D eigenvalue weighted by molar-refractivity contribution is -0.120. The summed E-state index contributed by atoms with van der Waals surface area (Å²) < 4.78 is 5.16. The lowest BCUT2D eigenvalue weighted by atomic mass is 9.87. The minimum absolute atomic E-state index is 0.0332. The quantitative estimate of drug-likeness (QED) is 0.761. The third kappa shape index (κ3) is 5.84. The molecule has 150 valence electrons. The Kier molecular flexibility index (Phi) is 7.21. The average Bonchev–Trinajstić information content (AvgIpc) is 2.69. The SMILES string of the molecule is CCC(NC(=O)CNC(=O)c1ccc(C(C)(C)C)cc1)c1ccc(OC)cc1. The molecule has 0 saturated carbocycles. The van der Waals surface area contributed by atoms with Gasteiger partial charge in [-0.15, -0.1) is 0 Å². The van der Waals surface area contributed by atoms with E-state index in [0.29, 0.717) is 5.56 Å². The van der Waals surface area contributed by atoms with E-state index in [1.165, 1.54) is 0 Å². The van der Waals surface area contributed by atoms with Crippen molar-refractivity contribution < 1.29 is 14.3 Å². The van der Waals surface area contributed by atoms with Crippen molar-refractivity contribution in [2.45, 2.75) is 45.6 Å². The van der Waals surface area contributed by atoms with E-state index in [-0.39, 0.29) is 29.8 Å². The highest BCUT2D eigenvalue weighted by Crippen LogP contribution is 2.22. The average molecular weight is 383 g/mol. The number of carbonyl (C=O) groups is 2. The molecule has 0 radical (unpaired) electrons. The summed E-state index contributed by atoms with van der Waals surface area (Å²) in [6.07, 6.45) is 0.750. The van der Waals surface area contributed by atoms with Gasteiger partial charge < -0.3 is 15.4 Å². The van der Waals surface area contributed by atoms with E-state index in [1.54, 1.807) is 19.2 Å². The maximum atomic E-state index is 12.3. The van der Waals surface area contributed by atoms with Gasteiger partial charge in [0.1, 0.15) is 5.75 Å². The molecule has 1 unspecified atom stereocenters. The van der Waals surface area contributed by atoms with E-state index in [9.17, 15) is 9.59 Å². The number of ether oxygens (including phenoxy) is 1. The van der Waals surface area contributed by atoms with Gasteiger partial charge in [0, 0.05) is 5.56 Å². The van der Waals surface area contributed by atoms with Crippen LogP contribution in [0.2, 0.25) is 0 Å². The van der Waals surface area contributed by atoms with Gasteiger partial charge in [0.2, 0.25) is 5.91 Å². The highest BCUT2D eigenvalue weighted by Gasteiger charge is 2.16. The number of amides is 2. The fraction of sp³-hybridized carbons (Fsp3) is 0.391. The van der Waals surface area contributed by atoms with Gasteiger partial charge in [-0.05, 0) is 47.2 Å². The van der Waals surface area contributed by atoms with E-state index in [1.807, 2.05) is 43.3 Å². The number of nitrogens with one attached hydrogen (secondary N) is 2. The Morgan fingerprint density at radius 3 is 2.11 bits per heavy atom. The van der Waals surface area contributed by atoms with Crippen molar-refractivity contribution in [2.24, 2.45) is 0 Å². The molecule has 0 aliphatic rings. The van der Waals surface area contributed by atoms with Crippen molar-refractivity contribution in [1.82, 2.24) is 10.6 Å². The standard InChI is InChI=1S/C23H30N2O3/c1-6-20(16-9-13-19(28-5)14-10-16)25-21(26)15-24-22(27)17-7-11-18(12-8-17)23(2,3)4/h7-14,20H,6,15H2,1-5H3,(H,24,27)(H,25,26). The van der Waals surface area contributed by atoms with Crippen LogP contribution >= 0.6 is 0 Å². The Morgan fingerprint density at radius 1 is 1.00 bits per heavy atom. The predicted molar refractivity (Wildman–Crippen MR) is 112 cm³/mol. The number of benzene rings is 2. The number of hydrogen-bond donors (Lipinski definition) is 2.